The second-order valence-electron chi connectivity index (χ2n) is 9.24. The molecule has 0 radical (unpaired) electrons. The molecule has 0 aliphatic carbocycles. The molecule has 5 nitrogen and oxygen atoms in total. The van der Waals surface area contributed by atoms with Crippen molar-refractivity contribution in [3.8, 4) is 11.3 Å². The standard InChI is InChI=1S/C32H26N4O/c1-21-8-7-11-25-26(20-29(36-31(21)25)23-9-3-2-4-10-23)32(37)33-24-17-14-22(15-18-24)16-19-30-34-27-12-5-6-13-28(27)35-30/h2-15,17-18,20H,16,19H2,1H3,(H,33,37)(H,34,35). The number of carbonyl (C=O) groups excluding carboxylic acids is 1. The summed E-state index contributed by atoms with van der Waals surface area (Å²) < 4.78 is 0. The number of aromatic nitrogens is 3. The Morgan fingerprint density at radius 3 is 2.41 bits per heavy atom. The molecule has 0 fully saturated rings. The number of rotatable bonds is 6. The number of hydrogen-bond donors (Lipinski definition) is 2. The summed E-state index contributed by atoms with van der Waals surface area (Å²) in [7, 11) is 0. The Labute approximate surface area is 215 Å². The van der Waals surface area contributed by atoms with Gasteiger partial charge in [0.05, 0.1) is 27.8 Å². The van der Waals surface area contributed by atoms with Gasteiger partial charge >= 0.3 is 0 Å². The Hall–Kier alpha value is -4.77. The smallest absolute Gasteiger partial charge is 0.256 e. The van der Waals surface area contributed by atoms with Crippen LogP contribution >= 0.6 is 0 Å². The number of amides is 1. The Morgan fingerprint density at radius 1 is 0.811 bits per heavy atom. The van der Waals surface area contributed by atoms with Gasteiger partial charge in [-0.1, -0.05) is 72.8 Å². The maximum atomic E-state index is 13.5. The molecule has 0 unspecified atom stereocenters. The van der Waals surface area contributed by atoms with Crippen molar-refractivity contribution in [2.75, 3.05) is 5.32 Å². The SMILES string of the molecule is Cc1cccc2c(C(=O)Nc3ccc(CCc4nc5ccccc5[nH]4)cc3)cc(-c3ccccc3)nc12. The van der Waals surface area contributed by atoms with Crippen molar-refractivity contribution in [2.24, 2.45) is 0 Å². The fourth-order valence-corrected chi connectivity index (χ4v) is 4.68. The van der Waals surface area contributed by atoms with Crippen LogP contribution in [0.1, 0.15) is 27.3 Å². The second-order valence-corrected chi connectivity index (χ2v) is 9.24. The van der Waals surface area contributed by atoms with Crippen molar-refractivity contribution in [3.63, 3.8) is 0 Å². The first-order valence-corrected chi connectivity index (χ1v) is 12.4. The van der Waals surface area contributed by atoms with Crippen LogP contribution in [0.25, 0.3) is 33.2 Å². The summed E-state index contributed by atoms with van der Waals surface area (Å²) in [5, 5.41) is 3.93. The largest absolute Gasteiger partial charge is 0.342 e. The molecule has 0 aliphatic rings. The molecule has 0 bridgehead atoms. The van der Waals surface area contributed by atoms with Crippen LogP contribution in [0, 0.1) is 6.92 Å². The van der Waals surface area contributed by atoms with Gasteiger partial charge < -0.3 is 10.3 Å². The van der Waals surface area contributed by atoms with E-state index in [4.69, 9.17) is 4.98 Å². The first kappa shape index (κ1) is 22.7. The maximum absolute atomic E-state index is 13.5. The lowest BCUT2D eigenvalue weighted by molar-refractivity contribution is 0.102. The number of carbonyl (C=O) groups is 1. The van der Waals surface area contributed by atoms with E-state index in [1.807, 2.05) is 97.9 Å². The number of benzene rings is 4. The zero-order valence-electron chi connectivity index (χ0n) is 20.5. The number of hydrogen-bond acceptors (Lipinski definition) is 3. The van der Waals surface area contributed by atoms with E-state index in [9.17, 15) is 4.79 Å². The molecule has 4 aromatic carbocycles. The molecule has 2 heterocycles. The topological polar surface area (TPSA) is 70.7 Å². The molecule has 0 atom stereocenters. The fraction of sp³-hybridized carbons (Fsp3) is 0.0938. The van der Waals surface area contributed by atoms with Gasteiger partial charge in [0.1, 0.15) is 5.82 Å². The Morgan fingerprint density at radius 2 is 1.59 bits per heavy atom. The van der Waals surface area contributed by atoms with E-state index in [2.05, 4.69) is 27.4 Å². The highest BCUT2D eigenvalue weighted by Gasteiger charge is 2.15. The molecule has 1 amide bonds. The van der Waals surface area contributed by atoms with Crippen LogP contribution in [0.3, 0.4) is 0 Å². The van der Waals surface area contributed by atoms with Crippen LogP contribution in [-0.4, -0.2) is 20.9 Å². The van der Waals surface area contributed by atoms with Crippen LogP contribution in [0.4, 0.5) is 5.69 Å². The van der Waals surface area contributed by atoms with Gasteiger partial charge in [-0.15, -0.1) is 0 Å². The molecular formula is C32H26N4O. The minimum atomic E-state index is -0.148. The van der Waals surface area contributed by atoms with Gasteiger partial charge in [0, 0.05) is 23.1 Å². The van der Waals surface area contributed by atoms with Crippen molar-refractivity contribution >= 4 is 33.5 Å². The lowest BCUT2D eigenvalue weighted by Crippen LogP contribution is -2.13. The van der Waals surface area contributed by atoms with E-state index in [0.717, 1.165) is 63.1 Å². The van der Waals surface area contributed by atoms with Gasteiger partial charge in [-0.2, -0.15) is 0 Å². The van der Waals surface area contributed by atoms with Crippen molar-refractivity contribution in [1.82, 2.24) is 15.0 Å². The molecule has 0 aliphatic heterocycles. The van der Waals surface area contributed by atoms with E-state index in [1.165, 1.54) is 5.56 Å². The first-order valence-electron chi connectivity index (χ1n) is 12.4. The molecule has 0 spiro atoms. The van der Waals surface area contributed by atoms with E-state index < -0.39 is 0 Å². The number of aryl methyl sites for hydroxylation is 3. The molecule has 6 aromatic rings. The third-order valence-corrected chi connectivity index (χ3v) is 6.66. The monoisotopic (exact) mass is 482 g/mol. The van der Waals surface area contributed by atoms with Gasteiger partial charge in [-0.25, -0.2) is 9.97 Å². The van der Waals surface area contributed by atoms with Gasteiger partial charge in [-0.05, 0) is 54.8 Å². The number of fused-ring (bicyclic) bond motifs is 2. The number of para-hydroxylation sites is 3. The summed E-state index contributed by atoms with van der Waals surface area (Å²) in [5.41, 5.74) is 8.26. The normalized spacial score (nSPS) is 11.2. The molecular weight excluding hydrogens is 456 g/mol. The number of H-pyrrole nitrogens is 1. The lowest BCUT2D eigenvalue weighted by atomic mass is 10.0. The van der Waals surface area contributed by atoms with Crippen LogP contribution in [0.15, 0.2) is 103 Å². The maximum Gasteiger partial charge on any atom is 0.256 e. The predicted octanol–water partition coefficient (Wildman–Crippen LogP) is 7.12. The summed E-state index contributed by atoms with van der Waals surface area (Å²) in [6, 6.07) is 33.9. The Bertz CT molecular complexity index is 1690. The molecule has 2 aromatic heterocycles. The highest BCUT2D eigenvalue weighted by atomic mass is 16.1. The van der Waals surface area contributed by atoms with Crippen LogP contribution in [-0.2, 0) is 12.8 Å². The summed E-state index contributed by atoms with van der Waals surface area (Å²) >= 11 is 0. The van der Waals surface area contributed by atoms with Crippen molar-refractivity contribution in [1.29, 1.82) is 0 Å². The van der Waals surface area contributed by atoms with Gasteiger partial charge in [0.15, 0.2) is 0 Å². The molecule has 37 heavy (non-hydrogen) atoms. The zero-order valence-corrected chi connectivity index (χ0v) is 20.5. The second kappa shape index (κ2) is 9.70. The third kappa shape index (κ3) is 4.71. The molecule has 0 saturated heterocycles. The van der Waals surface area contributed by atoms with Gasteiger partial charge in [-0.3, -0.25) is 4.79 Å². The minimum absolute atomic E-state index is 0.148. The first-order chi connectivity index (χ1) is 18.1. The quantitative estimate of drug-likeness (QED) is 0.265. The van der Waals surface area contributed by atoms with E-state index in [-0.39, 0.29) is 5.91 Å². The van der Waals surface area contributed by atoms with Crippen molar-refractivity contribution in [3.05, 3.63) is 126 Å². The Kier molecular flexibility index (Phi) is 5.95. The number of nitrogens with zero attached hydrogens (tertiary/aromatic N) is 2. The van der Waals surface area contributed by atoms with Crippen molar-refractivity contribution < 1.29 is 4.79 Å². The third-order valence-electron chi connectivity index (χ3n) is 6.66. The number of aromatic amines is 1. The number of imidazole rings is 1. The molecule has 180 valence electrons. The van der Waals surface area contributed by atoms with E-state index in [0.29, 0.717) is 5.56 Å². The molecule has 2 N–H and O–H groups in total. The minimum Gasteiger partial charge on any atom is -0.342 e. The average Bonchev–Trinajstić information content (AvgIpc) is 3.36. The van der Waals surface area contributed by atoms with Gasteiger partial charge in [0.25, 0.3) is 5.91 Å². The summed E-state index contributed by atoms with van der Waals surface area (Å²) in [6.07, 6.45) is 1.69. The van der Waals surface area contributed by atoms with Crippen LogP contribution in [0.5, 0.6) is 0 Å². The average molecular weight is 483 g/mol. The number of nitrogens with one attached hydrogen (secondary N) is 2. The summed E-state index contributed by atoms with van der Waals surface area (Å²) in [4.78, 5) is 26.4. The summed E-state index contributed by atoms with van der Waals surface area (Å²) in [6.45, 7) is 2.02. The van der Waals surface area contributed by atoms with E-state index in [1.54, 1.807) is 0 Å². The Balaban J connectivity index is 1.21. The zero-order chi connectivity index (χ0) is 25.2. The molecule has 6 rings (SSSR count). The summed E-state index contributed by atoms with van der Waals surface area (Å²) in [5.74, 6) is 0.831. The number of anilines is 1. The van der Waals surface area contributed by atoms with Crippen LogP contribution < -0.4 is 5.32 Å². The van der Waals surface area contributed by atoms with E-state index >= 15 is 0 Å². The highest BCUT2D eigenvalue weighted by Crippen LogP contribution is 2.27. The lowest BCUT2D eigenvalue weighted by Gasteiger charge is -2.12. The fourth-order valence-electron chi connectivity index (χ4n) is 4.68. The molecule has 5 heteroatoms. The highest BCUT2D eigenvalue weighted by molar-refractivity contribution is 6.13. The predicted molar refractivity (Wildman–Crippen MR) is 150 cm³/mol. The van der Waals surface area contributed by atoms with Crippen LogP contribution in [0.2, 0.25) is 0 Å². The van der Waals surface area contributed by atoms with Crippen molar-refractivity contribution in [2.45, 2.75) is 19.8 Å². The number of pyridine rings is 1. The molecule has 0 saturated carbocycles. The van der Waals surface area contributed by atoms with Gasteiger partial charge in [0.2, 0.25) is 0 Å².